The summed E-state index contributed by atoms with van der Waals surface area (Å²) in [4.78, 5) is 12.1. The first kappa shape index (κ1) is 17.6. The first-order chi connectivity index (χ1) is 9.92. The van der Waals surface area contributed by atoms with Crippen LogP contribution in [0.1, 0.15) is 38.9 Å². The molecule has 0 bridgehead atoms. The molecule has 0 saturated heterocycles. The molecule has 0 saturated carbocycles. The summed E-state index contributed by atoms with van der Waals surface area (Å²) in [6.45, 7) is 5.69. The number of carbonyl (C=O) groups is 1. The molecular weight excluding hydrogens is 271 g/mol. The second-order valence-electron chi connectivity index (χ2n) is 5.39. The van der Waals surface area contributed by atoms with E-state index in [9.17, 15) is 9.18 Å². The second-order valence-corrected chi connectivity index (χ2v) is 5.39. The molecule has 0 aliphatic carbocycles. The summed E-state index contributed by atoms with van der Waals surface area (Å²) in [5.74, 6) is -0.501. The maximum Gasteiger partial charge on any atom is 0.237 e. The van der Waals surface area contributed by atoms with Gasteiger partial charge in [-0.1, -0.05) is 38.5 Å². The van der Waals surface area contributed by atoms with Gasteiger partial charge in [-0.15, -0.1) is 0 Å². The minimum absolute atomic E-state index is 0.0895. The third kappa shape index (κ3) is 4.51. The van der Waals surface area contributed by atoms with E-state index < -0.39 is 12.1 Å². The Morgan fingerprint density at radius 1 is 1.38 bits per heavy atom. The fraction of sp³-hybridized carbons (Fsp3) is 0.562. The Labute approximate surface area is 125 Å². The number of ether oxygens (including phenoxy) is 1. The number of benzene rings is 1. The lowest BCUT2D eigenvalue weighted by atomic mass is 9.98. The van der Waals surface area contributed by atoms with Crippen molar-refractivity contribution >= 4 is 5.91 Å². The van der Waals surface area contributed by atoms with Gasteiger partial charge in [-0.25, -0.2) is 4.39 Å². The predicted octanol–water partition coefficient (Wildman–Crippen LogP) is 2.39. The lowest BCUT2D eigenvalue weighted by Crippen LogP contribution is -2.49. The van der Waals surface area contributed by atoms with Crippen LogP contribution in [0.5, 0.6) is 0 Å². The molecule has 3 N–H and O–H groups in total. The lowest BCUT2D eigenvalue weighted by Gasteiger charge is -2.27. The normalized spacial score (nSPS) is 16.9. The summed E-state index contributed by atoms with van der Waals surface area (Å²) in [7, 11) is 1.49. The van der Waals surface area contributed by atoms with Gasteiger partial charge in [-0.3, -0.25) is 4.79 Å². The minimum Gasteiger partial charge on any atom is -0.375 e. The van der Waals surface area contributed by atoms with Crippen LogP contribution in [0.3, 0.4) is 0 Å². The summed E-state index contributed by atoms with van der Waals surface area (Å²) in [5.41, 5.74) is 6.32. The standard InChI is InChI=1S/C16H25FN2O2/c1-5-10(2)14(18)16(20)19-11(3)15(21-4)12-8-6-7-9-13(12)17/h6-11,14-15H,5,18H2,1-4H3,(H,19,20). The first-order valence-corrected chi connectivity index (χ1v) is 7.25. The number of nitrogens with two attached hydrogens (primary N) is 1. The SMILES string of the molecule is CCC(C)C(N)C(=O)NC(C)C(OC)c1ccccc1F. The van der Waals surface area contributed by atoms with E-state index in [1.165, 1.54) is 13.2 Å². The van der Waals surface area contributed by atoms with Gasteiger partial charge < -0.3 is 15.8 Å². The highest BCUT2D eigenvalue weighted by molar-refractivity contribution is 5.82. The molecule has 0 heterocycles. The van der Waals surface area contributed by atoms with Crippen molar-refractivity contribution in [2.24, 2.45) is 11.7 Å². The van der Waals surface area contributed by atoms with E-state index in [0.717, 1.165) is 6.42 Å². The first-order valence-electron chi connectivity index (χ1n) is 7.25. The molecular formula is C16H25FN2O2. The van der Waals surface area contributed by atoms with Gasteiger partial charge in [-0.2, -0.15) is 0 Å². The van der Waals surface area contributed by atoms with Crippen LogP contribution in [0.4, 0.5) is 4.39 Å². The van der Waals surface area contributed by atoms with E-state index in [4.69, 9.17) is 10.5 Å². The van der Waals surface area contributed by atoms with E-state index in [1.54, 1.807) is 25.1 Å². The van der Waals surface area contributed by atoms with Gasteiger partial charge >= 0.3 is 0 Å². The van der Waals surface area contributed by atoms with Crippen molar-refractivity contribution in [2.75, 3.05) is 7.11 Å². The highest BCUT2D eigenvalue weighted by Gasteiger charge is 2.26. The lowest BCUT2D eigenvalue weighted by molar-refractivity contribution is -0.125. The van der Waals surface area contributed by atoms with Crippen molar-refractivity contribution < 1.29 is 13.9 Å². The average Bonchev–Trinajstić information content (AvgIpc) is 2.48. The maximum absolute atomic E-state index is 13.8. The van der Waals surface area contributed by atoms with E-state index in [1.807, 2.05) is 13.8 Å². The van der Waals surface area contributed by atoms with Crippen LogP contribution in [0, 0.1) is 11.7 Å². The molecule has 0 radical (unpaired) electrons. The maximum atomic E-state index is 13.8. The van der Waals surface area contributed by atoms with Gasteiger partial charge in [0.05, 0.1) is 12.1 Å². The number of nitrogens with one attached hydrogen (secondary N) is 1. The van der Waals surface area contributed by atoms with E-state index in [-0.39, 0.29) is 23.7 Å². The Bertz CT molecular complexity index is 467. The summed E-state index contributed by atoms with van der Waals surface area (Å²) < 4.78 is 19.2. The highest BCUT2D eigenvalue weighted by atomic mass is 19.1. The van der Waals surface area contributed by atoms with Crippen LogP contribution < -0.4 is 11.1 Å². The number of rotatable bonds is 7. The molecule has 0 fully saturated rings. The Morgan fingerprint density at radius 3 is 2.52 bits per heavy atom. The number of hydrogen-bond acceptors (Lipinski definition) is 3. The number of amides is 1. The fourth-order valence-corrected chi connectivity index (χ4v) is 2.21. The van der Waals surface area contributed by atoms with Crippen molar-refractivity contribution in [3.8, 4) is 0 Å². The van der Waals surface area contributed by atoms with Crippen molar-refractivity contribution in [2.45, 2.75) is 45.4 Å². The molecule has 1 amide bonds. The van der Waals surface area contributed by atoms with E-state index >= 15 is 0 Å². The van der Waals surface area contributed by atoms with Crippen molar-refractivity contribution in [3.05, 3.63) is 35.6 Å². The van der Waals surface area contributed by atoms with Crippen LogP contribution in [-0.4, -0.2) is 25.1 Å². The number of carbonyl (C=O) groups excluding carboxylic acids is 1. The molecule has 4 nitrogen and oxygen atoms in total. The highest BCUT2D eigenvalue weighted by Crippen LogP contribution is 2.23. The Kier molecular flexibility index (Phi) is 6.78. The van der Waals surface area contributed by atoms with Crippen LogP contribution in [0.15, 0.2) is 24.3 Å². The topological polar surface area (TPSA) is 64.4 Å². The molecule has 5 heteroatoms. The predicted molar refractivity (Wildman–Crippen MR) is 81.2 cm³/mol. The van der Waals surface area contributed by atoms with Crippen LogP contribution in [0.2, 0.25) is 0 Å². The summed E-state index contributed by atoms with van der Waals surface area (Å²) in [6.07, 6.45) is 0.267. The zero-order valence-corrected chi connectivity index (χ0v) is 13.1. The second kappa shape index (κ2) is 8.10. The smallest absolute Gasteiger partial charge is 0.237 e. The Balaban J connectivity index is 2.79. The molecule has 118 valence electrons. The quantitative estimate of drug-likeness (QED) is 0.812. The largest absolute Gasteiger partial charge is 0.375 e. The summed E-state index contributed by atoms with van der Waals surface area (Å²) >= 11 is 0. The monoisotopic (exact) mass is 296 g/mol. The Hall–Kier alpha value is -1.46. The zero-order chi connectivity index (χ0) is 16.0. The van der Waals surface area contributed by atoms with Gasteiger partial charge in [0, 0.05) is 12.7 Å². The molecule has 0 aromatic heterocycles. The van der Waals surface area contributed by atoms with Gasteiger partial charge in [0.2, 0.25) is 5.91 Å². The van der Waals surface area contributed by atoms with Crippen molar-refractivity contribution in [1.29, 1.82) is 0 Å². The van der Waals surface area contributed by atoms with Crippen LogP contribution in [-0.2, 0) is 9.53 Å². The van der Waals surface area contributed by atoms with Gasteiger partial charge in [-0.05, 0) is 18.9 Å². The number of methoxy groups -OCH3 is 1. The van der Waals surface area contributed by atoms with Gasteiger partial charge in [0.15, 0.2) is 0 Å². The molecule has 1 aromatic carbocycles. The Morgan fingerprint density at radius 2 is 2.00 bits per heavy atom. The zero-order valence-electron chi connectivity index (χ0n) is 13.1. The molecule has 4 unspecified atom stereocenters. The van der Waals surface area contributed by atoms with Crippen molar-refractivity contribution in [1.82, 2.24) is 5.32 Å². The third-order valence-corrected chi connectivity index (χ3v) is 3.85. The summed E-state index contributed by atoms with van der Waals surface area (Å²) in [5, 5.41) is 2.82. The molecule has 1 aromatic rings. The molecule has 21 heavy (non-hydrogen) atoms. The van der Waals surface area contributed by atoms with E-state index in [0.29, 0.717) is 5.56 Å². The van der Waals surface area contributed by atoms with E-state index in [2.05, 4.69) is 5.32 Å². The molecule has 0 aliphatic rings. The average molecular weight is 296 g/mol. The number of halogens is 1. The van der Waals surface area contributed by atoms with Gasteiger partial charge in [0.25, 0.3) is 0 Å². The van der Waals surface area contributed by atoms with Crippen LogP contribution in [0.25, 0.3) is 0 Å². The van der Waals surface area contributed by atoms with Crippen molar-refractivity contribution in [3.63, 3.8) is 0 Å². The molecule has 0 spiro atoms. The number of hydrogen-bond donors (Lipinski definition) is 2. The fourth-order valence-electron chi connectivity index (χ4n) is 2.21. The molecule has 0 aliphatic heterocycles. The molecule has 4 atom stereocenters. The summed E-state index contributed by atoms with van der Waals surface area (Å²) in [6, 6.07) is 5.43. The van der Waals surface area contributed by atoms with Crippen LogP contribution >= 0.6 is 0 Å². The third-order valence-electron chi connectivity index (χ3n) is 3.85. The minimum atomic E-state index is -0.574. The molecule has 1 rings (SSSR count). The van der Waals surface area contributed by atoms with Gasteiger partial charge in [0.1, 0.15) is 11.9 Å².